The summed E-state index contributed by atoms with van der Waals surface area (Å²) in [6.45, 7) is 1.28. The first-order valence-electron chi connectivity index (χ1n) is 11.4. The second-order valence-electron chi connectivity index (χ2n) is 8.46. The summed E-state index contributed by atoms with van der Waals surface area (Å²) < 4.78 is 68.9. The van der Waals surface area contributed by atoms with E-state index >= 15 is 0 Å². The van der Waals surface area contributed by atoms with Crippen LogP contribution in [0.15, 0.2) is 35.9 Å². The maximum absolute atomic E-state index is 13.4. The van der Waals surface area contributed by atoms with Gasteiger partial charge in [-0.05, 0) is 50.2 Å². The van der Waals surface area contributed by atoms with E-state index in [1.54, 1.807) is 0 Å². The van der Waals surface area contributed by atoms with Crippen LogP contribution < -0.4 is 4.31 Å². The van der Waals surface area contributed by atoms with E-state index in [0.29, 0.717) is 30.9 Å². The van der Waals surface area contributed by atoms with Crippen molar-refractivity contribution < 1.29 is 35.9 Å². The van der Waals surface area contributed by atoms with Crippen LogP contribution in [0.1, 0.15) is 57.4 Å². The third-order valence-corrected chi connectivity index (χ3v) is 7.47. The van der Waals surface area contributed by atoms with Gasteiger partial charge in [0.1, 0.15) is 0 Å². The molecule has 2 fully saturated rings. The number of amides is 2. The van der Waals surface area contributed by atoms with Crippen molar-refractivity contribution in [3.05, 3.63) is 41.5 Å². The summed E-state index contributed by atoms with van der Waals surface area (Å²) in [5.41, 5.74) is -5.44. The number of likely N-dealkylation sites (tertiary alicyclic amines) is 1. The first-order chi connectivity index (χ1) is 16.1. The number of hydrogen-bond acceptors (Lipinski definition) is 5. The van der Waals surface area contributed by atoms with Crippen LogP contribution in [0.5, 0.6) is 0 Å². The second kappa shape index (κ2) is 10.8. The molecule has 1 saturated heterocycles. The van der Waals surface area contributed by atoms with Gasteiger partial charge in [-0.3, -0.25) is 4.79 Å². The second-order valence-corrected chi connectivity index (χ2v) is 10.2. The molecule has 7 nitrogen and oxygen atoms in total. The van der Waals surface area contributed by atoms with Gasteiger partial charge >= 0.3 is 21.6 Å². The molecular formula is C23H29F3N2O5S. The van der Waals surface area contributed by atoms with Gasteiger partial charge in [-0.2, -0.15) is 25.9 Å². The summed E-state index contributed by atoms with van der Waals surface area (Å²) in [7, 11) is -6.08. The largest absolute Gasteiger partial charge is 0.517 e. The van der Waals surface area contributed by atoms with Crippen molar-refractivity contribution in [1.82, 2.24) is 4.90 Å². The van der Waals surface area contributed by atoms with Crippen LogP contribution in [0.25, 0.3) is 0 Å². The highest BCUT2D eigenvalue weighted by molar-refractivity contribution is 7.94. The molecule has 1 aliphatic heterocycles. The molecule has 188 valence electrons. The minimum absolute atomic E-state index is 0.0932. The third kappa shape index (κ3) is 5.73. The van der Waals surface area contributed by atoms with Crippen molar-refractivity contribution in [2.45, 2.75) is 63.9 Å². The Labute approximate surface area is 197 Å². The van der Waals surface area contributed by atoms with E-state index < -0.39 is 27.3 Å². The zero-order valence-corrected chi connectivity index (χ0v) is 19.8. The summed E-state index contributed by atoms with van der Waals surface area (Å²) in [5.74, 6) is 0.129. The Hall–Kier alpha value is -2.56. The number of ether oxygens (including phenoxy) is 1. The van der Waals surface area contributed by atoms with Crippen molar-refractivity contribution in [2.24, 2.45) is 5.92 Å². The number of carbonyl (C=O) groups excluding carboxylic acids is 2. The van der Waals surface area contributed by atoms with E-state index in [-0.39, 0.29) is 28.9 Å². The van der Waals surface area contributed by atoms with Gasteiger partial charge in [-0.15, -0.1) is 0 Å². The van der Waals surface area contributed by atoms with Gasteiger partial charge in [-0.25, -0.2) is 4.79 Å². The summed E-state index contributed by atoms with van der Waals surface area (Å²) in [6.07, 6.45) is 7.18. The molecule has 1 aliphatic carbocycles. The van der Waals surface area contributed by atoms with Crippen molar-refractivity contribution in [3.63, 3.8) is 0 Å². The van der Waals surface area contributed by atoms with Crippen molar-refractivity contribution in [1.29, 1.82) is 0 Å². The van der Waals surface area contributed by atoms with Crippen molar-refractivity contribution >= 4 is 27.7 Å². The normalized spacial score (nSPS) is 19.4. The number of allylic oxidation sites excluding steroid dienone is 1. The zero-order chi connectivity index (χ0) is 24.9. The molecule has 1 saturated carbocycles. The topological polar surface area (TPSA) is 84.0 Å². The Balaban J connectivity index is 1.92. The minimum Gasteiger partial charge on any atom is -0.449 e. The Morgan fingerprint density at radius 3 is 2.50 bits per heavy atom. The maximum Gasteiger partial charge on any atom is 0.517 e. The summed E-state index contributed by atoms with van der Waals surface area (Å²) >= 11 is 0. The standard InChI is InChI=1S/C23H29F3N2O5S/c1-2-33-22(30)28(34(31,32)23(24,25)26)20-13-7-6-11-19(20)16-27-14-8-12-18(21(27)29)15-17-9-4-3-5-10-17/h6-7,11,13,15,17H,2-5,8-10,12,14,16H2,1H3/b18-15+. The molecule has 3 rings (SSSR count). The number of hydrogen-bond donors (Lipinski definition) is 0. The summed E-state index contributed by atoms with van der Waals surface area (Å²) in [4.78, 5) is 27.0. The number of para-hydroxylation sites is 1. The quantitative estimate of drug-likeness (QED) is 0.504. The van der Waals surface area contributed by atoms with Crippen molar-refractivity contribution in [3.8, 4) is 0 Å². The van der Waals surface area contributed by atoms with Gasteiger partial charge < -0.3 is 9.64 Å². The maximum atomic E-state index is 13.4. The number of halogens is 3. The molecule has 34 heavy (non-hydrogen) atoms. The minimum atomic E-state index is -6.08. The molecule has 1 aromatic carbocycles. The van der Waals surface area contributed by atoms with E-state index in [1.807, 2.05) is 6.08 Å². The molecule has 0 unspecified atom stereocenters. The Kier molecular flexibility index (Phi) is 8.27. The van der Waals surface area contributed by atoms with Gasteiger partial charge in [0.25, 0.3) is 0 Å². The lowest BCUT2D eigenvalue weighted by Crippen LogP contribution is -2.45. The number of alkyl halides is 3. The average molecular weight is 503 g/mol. The fraction of sp³-hybridized carbons (Fsp3) is 0.565. The third-order valence-electron chi connectivity index (χ3n) is 6.06. The smallest absolute Gasteiger partial charge is 0.449 e. The van der Waals surface area contributed by atoms with Gasteiger partial charge in [0.15, 0.2) is 0 Å². The number of anilines is 1. The molecule has 0 radical (unpaired) electrons. The van der Waals surface area contributed by atoms with Gasteiger partial charge in [0, 0.05) is 18.7 Å². The van der Waals surface area contributed by atoms with E-state index in [4.69, 9.17) is 0 Å². The van der Waals surface area contributed by atoms with Crippen LogP contribution >= 0.6 is 0 Å². The van der Waals surface area contributed by atoms with E-state index in [9.17, 15) is 31.2 Å². The monoisotopic (exact) mass is 502 g/mol. The molecule has 2 amide bonds. The molecule has 0 bridgehead atoms. The Morgan fingerprint density at radius 2 is 1.85 bits per heavy atom. The first-order valence-corrected chi connectivity index (χ1v) is 12.9. The van der Waals surface area contributed by atoms with E-state index in [2.05, 4.69) is 4.74 Å². The zero-order valence-electron chi connectivity index (χ0n) is 19.0. The SMILES string of the molecule is CCOC(=O)N(c1ccccc1CN1CCC/C(=C\C2CCCCC2)C1=O)S(=O)(=O)C(F)(F)F. The lowest BCUT2D eigenvalue weighted by Gasteiger charge is -2.31. The van der Waals surface area contributed by atoms with E-state index in [0.717, 1.165) is 31.7 Å². The fourth-order valence-corrected chi connectivity index (χ4v) is 5.32. The number of sulfonamides is 1. The summed E-state index contributed by atoms with van der Waals surface area (Å²) in [6, 6.07) is 5.33. The van der Waals surface area contributed by atoms with Crippen LogP contribution in [0, 0.1) is 5.92 Å². The molecule has 0 atom stereocenters. The lowest BCUT2D eigenvalue weighted by atomic mass is 9.86. The molecule has 0 aromatic heterocycles. The lowest BCUT2D eigenvalue weighted by molar-refractivity contribution is -0.129. The molecular weight excluding hydrogens is 473 g/mol. The van der Waals surface area contributed by atoms with Gasteiger partial charge in [0.05, 0.1) is 12.3 Å². The number of carbonyl (C=O) groups is 2. The van der Waals surface area contributed by atoms with E-state index in [1.165, 1.54) is 36.4 Å². The highest BCUT2D eigenvalue weighted by Crippen LogP contribution is 2.35. The van der Waals surface area contributed by atoms with Crippen molar-refractivity contribution in [2.75, 3.05) is 17.5 Å². The number of benzene rings is 1. The Bertz CT molecular complexity index is 1030. The number of nitrogens with zero attached hydrogens (tertiary/aromatic N) is 2. The molecule has 0 spiro atoms. The van der Waals surface area contributed by atoms with Crippen LogP contribution in [-0.4, -0.2) is 44.0 Å². The predicted molar refractivity (Wildman–Crippen MR) is 120 cm³/mol. The first kappa shape index (κ1) is 26.1. The molecule has 1 heterocycles. The van der Waals surface area contributed by atoms with Gasteiger partial charge in [0.2, 0.25) is 5.91 Å². The average Bonchev–Trinajstić information content (AvgIpc) is 2.78. The predicted octanol–water partition coefficient (Wildman–Crippen LogP) is 5.13. The highest BCUT2D eigenvalue weighted by atomic mass is 32.2. The fourth-order valence-electron chi connectivity index (χ4n) is 4.42. The molecule has 0 N–H and O–H groups in total. The number of piperidine rings is 1. The van der Waals surface area contributed by atoms with Crippen LogP contribution in [0.4, 0.5) is 23.7 Å². The Morgan fingerprint density at radius 1 is 1.18 bits per heavy atom. The van der Waals surface area contributed by atoms with Crippen LogP contribution in [0.3, 0.4) is 0 Å². The number of rotatable bonds is 6. The van der Waals surface area contributed by atoms with Gasteiger partial charge in [-0.1, -0.05) is 43.5 Å². The highest BCUT2D eigenvalue weighted by Gasteiger charge is 2.53. The summed E-state index contributed by atoms with van der Waals surface area (Å²) in [5, 5.41) is 0. The van der Waals surface area contributed by atoms with Crippen LogP contribution in [-0.2, 0) is 26.1 Å². The van der Waals surface area contributed by atoms with Crippen LogP contribution in [0.2, 0.25) is 0 Å². The molecule has 11 heteroatoms. The molecule has 2 aliphatic rings. The molecule has 1 aromatic rings.